The number of aryl methyl sites for hydroxylation is 1. The number of halogens is 2. The molecular formula is C18H15F2N. The topological polar surface area (TPSA) is 23.8 Å². The fourth-order valence-electron chi connectivity index (χ4n) is 3.13. The minimum Gasteiger partial charge on any atom is -0.207 e. The van der Waals surface area contributed by atoms with E-state index in [2.05, 4.69) is 12.1 Å². The van der Waals surface area contributed by atoms with Gasteiger partial charge in [-0.25, -0.2) is 8.78 Å². The molecule has 0 N–H and O–H groups in total. The Kier molecular flexibility index (Phi) is 3.47. The molecule has 0 saturated carbocycles. The van der Waals surface area contributed by atoms with Crippen molar-refractivity contribution in [1.29, 1.82) is 5.26 Å². The smallest absolute Gasteiger partial charge is 0.126 e. The maximum absolute atomic E-state index is 13.9. The lowest BCUT2D eigenvalue weighted by molar-refractivity contribution is 0.334. The molecule has 0 aliphatic heterocycles. The molecule has 0 aromatic heterocycles. The summed E-state index contributed by atoms with van der Waals surface area (Å²) in [6.07, 6.45) is 2.33. The van der Waals surface area contributed by atoms with Gasteiger partial charge in [0.1, 0.15) is 11.6 Å². The molecule has 2 aromatic carbocycles. The third-order valence-electron chi connectivity index (χ3n) is 4.29. The van der Waals surface area contributed by atoms with Gasteiger partial charge < -0.3 is 0 Å². The fourth-order valence-corrected chi connectivity index (χ4v) is 3.13. The molecule has 0 radical (unpaired) electrons. The lowest BCUT2D eigenvalue weighted by Crippen LogP contribution is -2.30. The zero-order valence-electron chi connectivity index (χ0n) is 11.6. The second-order valence-corrected chi connectivity index (χ2v) is 5.75. The van der Waals surface area contributed by atoms with E-state index in [1.807, 2.05) is 18.2 Å². The minimum atomic E-state index is -0.650. The van der Waals surface area contributed by atoms with Crippen molar-refractivity contribution in [2.45, 2.75) is 25.7 Å². The van der Waals surface area contributed by atoms with Crippen molar-refractivity contribution >= 4 is 0 Å². The fraction of sp³-hybridized carbons (Fsp3) is 0.278. The normalized spacial score (nSPS) is 20.6. The zero-order chi connectivity index (χ0) is 14.9. The van der Waals surface area contributed by atoms with Crippen LogP contribution in [-0.4, -0.2) is 0 Å². The summed E-state index contributed by atoms with van der Waals surface area (Å²) < 4.78 is 27.2. The first-order chi connectivity index (χ1) is 10.1. The highest BCUT2D eigenvalue weighted by atomic mass is 19.1. The zero-order valence-corrected chi connectivity index (χ0v) is 11.6. The first kappa shape index (κ1) is 13.8. The van der Waals surface area contributed by atoms with E-state index in [0.29, 0.717) is 12.8 Å². The number of hydrogen-bond donors (Lipinski definition) is 0. The number of fused-ring (bicyclic) bond motifs is 1. The van der Waals surface area contributed by atoms with Gasteiger partial charge in [-0.3, -0.25) is 0 Å². The van der Waals surface area contributed by atoms with Gasteiger partial charge in [0.15, 0.2) is 0 Å². The second kappa shape index (κ2) is 5.29. The van der Waals surface area contributed by atoms with Crippen LogP contribution in [0.2, 0.25) is 0 Å². The average molecular weight is 283 g/mol. The van der Waals surface area contributed by atoms with Crippen molar-refractivity contribution in [2.24, 2.45) is 5.41 Å². The molecule has 1 aliphatic carbocycles. The van der Waals surface area contributed by atoms with Gasteiger partial charge in [0.05, 0.1) is 11.5 Å². The summed E-state index contributed by atoms with van der Waals surface area (Å²) in [5.41, 5.74) is 2.03. The Morgan fingerprint density at radius 2 is 1.86 bits per heavy atom. The molecule has 0 fully saturated rings. The van der Waals surface area contributed by atoms with Crippen molar-refractivity contribution in [3.05, 3.63) is 70.8 Å². The molecule has 2 aromatic rings. The van der Waals surface area contributed by atoms with E-state index < -0.39 is 17.0 Å². The summed E-state index contributed by atoms with van der Waals surface area (Å²) in [4.78, 5) is 0. The summed E-state index contributed by atoms with van der Waals surface area (Å²) in [5.74, 6) is -0.902. The predicted octanol–water partition coefficient (Wildman–Crippen LogP) is 4.21. The quantitative estimate of drug-likeness (QED) is 0.810. The summed E-state index contributed by atoms with van der Waals surface area (Å²) in [6, 6.07) is 13.8. The molecule has 0 bridgehead atoms. The van der Waals surface area contributed by atoms with E-state index in [1.54, 1.807) is 0 Å². The van der Waals surface area contributed by atoms with Crippen molar-refractivity contribution < 1.29 is 8.78 Å². The summed E-state index contributed by atoms with van der Waals surface area (Å²) >= 11 is 0. The van der Waals surface area contributed by atoms with E-state index >= 15 is 0 Å². The Labute approximate surface area is 122 Å². The maximum atomic E-state index is 13.9. The summed E-state index contributed by atoms with van der Waals surface area (Å²) in [5, 5.41) is 9.62. The van der Waals surface area contributed by atoms with Crippen molar-refractivity contribution in [3.63, 3.8) is 0 Å². The second-order valence-electron chi connectivity index (χ2n) is 5.75. The minimum absolute atomic E-state index is 0.251. The van der Waals surface area contributed by atoms with Crippen LogP contribution >= 0.6 is 0 Å². The molecule has 3 heteroatoms. The molecule has 0 amide bonds. The van der Waals surface area contributed by atoms with Crippen LogP contribution in [0, 0.1) is 28.4 Å². The Morgan fingerprint density at radius 3 is 2.62 bits per heavy atom. The first-order valence-corrected chi connectivity index (χ1v) is 7.04. The first-order valence-electron chi connectivity index (χ1n) is 7.04. The number of nitrogens with zero attached hydrogens (tertiary/aromatic N) is 1. The van der Waals surface area contributed by atoms with E-state index in [0.717, 1.165) is 24.1 Å². The Morgan fingerprint density at radius 1 is 1.10 bits per heavy atom. The molecule has 0 spiro atoms. The van der Waals surface area contributed by atoms with Gasteiger partial charge in [-0.15, -0.1) is 0 Å². The largest absolute Gasteiger partial charge is 0.207 e. The third kappa shape index (κ3) is 2.67. The molecule has 1 nitrogen and oxygen atoms in total. The number of benzene rings is 2. The highest BCUT2D eigenvalue weighted by Crippen LogP contribution is 2.38. The lowest BCUT2D eigenvalue weighted by atomic mass is 9.69. The average Bonchev–Trinajstić information content (AvgIpc) is 2.51. The van der Waals surface area contributed by atoms with Gasteiger partial charge >= 0.3 is 0 Å². The number of rotatable bonds is 2. The van der Waals surface area contributed by atoms with Crippen LogP contribution in [0.25, 0.3) is 0 Å². The Balaban J connectivity index is 1.93. The molecule has 106 valence electrons. The van der Waals surface area contributed by atoms with Gasteiger partial charge in [-0.2, -0.15) is 5.26 Å². The number of nitriles is 1. The van der Waals surface area contributed by atoms with Crippen molar-refractivity contribution in [2.75, 3.05) is 0 Å². The SMILES string of the molecule is N#CC1(Cc2cc(F)ccc2F)CCc2ccccc2C1. The van der Waals surface area contributed by atoms with Crippen LogP contribution in [-0.2, 0) is 19.3 Å². The third-order valence-corrected chi connectivity index (χ3v) is 4.29. The van der Waals surface area contributed by atoms with Crippen molar-refractivity contribution in [3.8, 4) is 6.07 Å². The van der Waals surface area contributed by atoms with Crippen LogP contribution in [0.15, 0.2) is 42.5 Å². The van der Waals surface area contributed by atoms with Crippen LogP contribution < -0.4 is 0 Å². The van der Waals surface area contributed by atoms with E-state index in [9.17, 15) is 14.0 Å². The van der Waals surface area contributed by atoms with Crippen LogP contribution in [0.3, 0.4) is 0 Å². The van der Waals surface area contributed by atoms with Crippen LogP contribution in [0.5, 0.6) is 0 Å². The van der Waals surface area contributed by atoms with Gasteiger partial charge in [-0.05, 0) is 60.6 Å². The van der Waals surface area contributed by atoms with Crippen LogP contribution in [0.4, 0.5) is 8.78 Å². The van der Waals surface area contributed by atoms with E-state index in [-0.39, 0.29) is 12.0 Å². The van der Waals surface area contributed by atoms with Crippen LogP contribution in [0.1, 0.15) is 23.1 Å². The summed E-state index contributed by atoms with van der Waals surface area (Å²) in [6.45, 7) is 0. The monoisotopic (exact) mass is 283 g/mol. The highest BCUT2D eigenvalue weighted by molar-refractivity contribution is 5.34. The summed E-state index contributed by atoms with van der Waals surface area (Å²) in [7, 11) is 0. The molecule has 1 atom stereocenters. The highest BCUT2D eigenvalue weighted by Gasteiger charge is 2.35. The van der Waals surface area contributed by atoms with Gasteiger partial charge in [0.2, 0.25) is 0 Å². The van der Waals surface area contributed by atoms with E-state index in [4.69, 9.17) is 0 Å². The van der Waals surface area contributed by atoms with Crippen molar-refractivity contribution in [1.82, 2.24) is 0 Å². The predicted molar refractivity (Wildman–Crippen MR) is 76.6 cm³/mol. The Bertz CT molecular complexity index is 717. The lowest BCUT2D eigenvalue weighted by Gasteiger charge is -2.32. The molecule has 1 unspecified atom stereocenters. The molecule has 1 aliphatic rings. The maximum Gasteiger partial charge on any atom is 0.126 e. The molecular weight excluding hydrogens is 268 g/mol. The molecule has 0 heterocycles. The van der Waals surface area contributed by atoms with Gasteiger partial charge in [0.25, 0.3) is 0 Å². The standard InChI is InChI=1S/C18H15F2N/c19-16-5-6-17(20)15(9-16)11-18(12-21)8-7-13-3-1-2-4-14(13)10-18/h1-6,9H,7-8,10-11H2. The molecule has 21 heavy (non-hydrogen) atoms. The Hall–Kier alpha value is -2.21. The molecule has 0 saturated heterocycles. The van der Waals surface area contributed by atoms with E-state index in [1.165, 1.54) is 11.6 Å². The van der Waals surface area contributed by atoms with Gasteiger partial charge in [0, 0.05) is 0 Å². The van der Waals surface area contributed by atoms with Gasteiger partial charge in [-0.1, -0.05) is 24.3 Å². The number of hydrogen-bond acceptors (Lipinski definition) is 1. The molecule has 3 rings (SSSR count).